The van der Waals surface area contributed by atoms with Gasteiger partial charge in [0.25, 0.3) is 0 Å². The fraction of sp³-hybridized carbons (Fsp3) is 0.609. The molecule has 1 aliphatic heterocycles. The molecular weight excluding hydrogens is 386 g/mol. The van der Waals surface area contributed by atoms with Crippen LogP contribution in [0, 0.1) is 5.92 Å². The predicted octanol–water partition coefficient (Wildman–Crippen LogP) is 4.11. The summed E-state index contributed by atoms with van der Waals surface area (Å²) in [5, 5.41) is 0. The average Bonchev–Trinajstić information content (AvgIpc) is 3.38. The summed E-state index contributed by atoms with van der Waals surface area (Å²) in [4.78, 5) is 12.4. The maximum Gasteiger partial charge on any atom is 0.514 e. The molecule has 1 saturated heterocycles. The van der Waals surface area contributed by atoms with E-state index in [-0.39, 0.29) is 24.2 Å². The number of ether oxygens (including phenoxy) is 5. The lowest BCUT2D eigenvalue weighted by Gasteiger charge is -2.42. The second-order valence-electron chi connectivity index (χ2n) is 8.46. The number of hydrogen-bond acceptors (Lipinski definition) is 7. The Kier molecular flexibility index (Phi) is 7.06. The van der Waals surface area contributed by atoms with Crippen molar-refractivity contribution in [3.05, 3.63) is 35.9 Å². The first-order chi connectivity index (χ1) is 14.3. The number of benzene rings is 1. The number of nitrogens with two attached hydrogens (primary N) is 1. The molecule has 166 valence electrons. The molecule has 0 amide bonds. The number of carbonyl (C=O) groups excluding carboxylic acids is 1. The Morgan fingerprint density at radius 3 is 2.43 bits per heavy atom. The summed E-state index contributed by atoms with van der Waals surface area (Å²) in [6, 6.07) is 6.58. The predicted molar refractivity (Wildman–Crippen MR) is 113 cm³/mol. The minimum absolute atomic E-state index is 0.0374. The number of allylic oxidation sites excluding steroid dienone is 1. The molecule has 2 fully saturated rings. The van der Waals surface area contributed by atoms with Crippen molar-refractivity contribution in [2.24, 2.45) is 5.92 Å². The van der Waals surface area contributed by atoms with Crippen molar-refractivity contribution in [1.82, 2.24) is 0 Å². The van der Waals surface area contributed by atoms with Crippen LogP contribution in [0.5, 0.6) is 5.75 Å². The number of rotatable bonds is 7. The highest BCUT2D eigenvalue weighted by atomic mass is 16.7. The summed E-state index contributed by atoms with van der Waals surface area (Å²) in [6.45, 7) is 6.24. The van der Waals surface area contributed by atoms with Crippen LogP contribution in [0.15, 0.2) is 35.9 Å². The number of anilines is 1. The third-order valence-corrected chi connectivity index (χ3v) is 6.14. The molecule has 1 aliphatic carbocycles. The Balaban J connectivity index is 1.69. The molecule has 0 bridgehead atoms. The second kappa shape index (κ2) is 9.37. The topological polar surface area (TPSA) is 92.5 Å². The molecule has 6 atom stereocenters. The van der Waals surface area contributed by atoms with Crippen molar-refractivity contribution >= 4 is 11.8 Å². The highest BCUT2D eigenvalue weighted by molar-refractivity contribution is 5.64. The van der Waals surface area contributed by atoms with Gasteiger partial charge in [-0.05, 0) is 64.3 Å². The normalized spacial score (nSPS) is 32.9. The third-order valence-electron chi connectivity index (χ3n) is 6.14. The lowest BCUT2D eigenvalue weighted by atomic mass is 9.73. The molecule has 1 aromatic carbocycles. The van der Waals surface area contributed by atoms with E-state index in [1.54, 1.807) is 38.5 Å². The van der Waals surface area contributed by atoms with E-state index in [1.165, 1.54) is 5.57 Å². The third kappa shape index (κ3) is 4.96. The molecular formula is C23H33NO6. The molecule has 7 heteroatoms. The fourth-order valence-electron chi connectivity index (χ4n) is 4.47. The van der Waals surface area contributed by atoms with Gasteiger partial charge in [0.05, 0.1) is 12.2 Å². The van der Waals surface area contributed by atoms with Gasteiger partial charge in [-0.2, -0.15) is 0 Å². The van der Waals surface area contributed by atoms with Crippen molar-refractivity contribution in [3.8, 4) is 5.75 Å². The van der Waals surface area contributed by atoms with Gasteiger partial charge in [0.1, 0.15) is 23.6 Å². The van der Waals surface area contributed by atoms with Crippen molar-refractivity contribution in [3.63, 3.8) is 0 Å². The summed E-state index contributed by atoms with van der Waals surface area (Å²) >= 11 is 0. The molecule has 4 unspecified atom stereocenters. The Hall–Kier alpha value is -2.09. The first-order valence-corrected chi connectivity index (χ1v) is 10.4. The van der Waals surface area contributed by atoms with Gasteiger partial charge in [-0.15, -0.1) is 0 Å². The van der Waals surface area contributed by atoms with Gasteiger partial charge in [-0.1, -0.05) is 11.6 Å². The van der Waals surface area contributed by atoms with Crippen molar-refractivity contribution < 1.29 is 28.5 Å². The van der Waals surface area contributed by atoms with Crippen LogP contribution in [0.4, 0.5) is 10.5 Å². The van der Waals surface area contributed by atoms with Crippen LogP contribution in [0.2, 0.25) is 0 Å². The van der Waals surface area contributed by atoms with E-state index >= 15 is 0 Å². The summed E-state index contributed by atoms with van der Waals surface area (Å²) < 4.78 is 28.7. The lowest BCUT2D eigenvalue weighted by Crippen LogP contribution is -2.54. The maximum absolute atomic E-state index is 12.4. The first kappa shape index (κ1) is 22.6. The molecule has 2 aliphatic rings. The van der Waals surface area contributed by atoms with Gasteiger partial charge >= 0.3 is 6.16 Å². The molecule has 2 N–H and O–H groups in total. The van der Waals surface area contributed by atoms with Crippen molar-refractivity contribution in [2.75, 3.05) is 20.0 Å². The highest BCUT2D eigenvalue weighted by Crippen LogP contribution is 2.51. The van der Waals surface area contributed by atoms with E-state index in [4.69, 9.17) is 29.4 Å². The Morgan fingerprint density at radius 2 is 1.83 bits per heavy atom. The zero-order chi connectivity index (χ0) is 21.9. The fourth-order valence-corrected chi connectivity index (χ4v) is 4.47. The summed E-state index contributed by atoms with van der Waals surface area (Å²) in [5.41, 5.74) is 7.12. The van der Waals surface area contributed by atoms with Crippen LogP contribution in [0.1, 0.15) is 40.0 Å². The number of nitrogen functional groups attached to an aromatic ring is 1. The van der Waals surface area contributed by atoms with Crippen LogP contribution < -0.4 is 10.5 Å². The van der Waals surface area contributed by atoms with Crippen LogP contribution in [-0.2, 0) is 18.9 Å². The molecule has 1 aromatic rings. The molecule has 30 heavy (non-hydrogen) atoms. The standard InChI is InChI=1S/C23H33NO6/c1-14(2)6-13-19-23(3,30-19)20-17(26-4)11-12-18(21(20)27-5)29-22(25)28-16-9-7-15(24)8-10-16/h6-10,17-21H,11-13,24H2,1-5H3/t17?,18-,19?,20?,21-,23?/m1/s1. The smallest absolute Gasteiger partial charge is 0.428 e. The van der Waals surface area contributed by atoms with Crippen molar-refractivity contribution in [2.45, 2.75) is 70.1 Å². The number of methoxy groups -OCH3 is 2. The molecule has 0 radical (unpaired) electrons. The van der Waals surface area contributed by atoms with E-state index < -0.39 is 17.9 Å². The van der Waals surface area contributed by atoms with Crippen molar-refractivity contribution in [1.29, 1.82) is 0 Å². The van der Waals surface area contributed by atoms with Gasteiger partial charge in [0.15, 0.2) is 0 Å². The van der Waals surface area contributed by atoms with E-state index in [9.17, 15) is 4.79 Å². The number of carbonyl (C=O) groups is 1. The monoisotopic (exact) mass is 419 g/mol. The van der Waals surface area contributed by atoms with Crippen LogP contribution in [0.3, 0.4) is 0 Å². The Morgan fingerprint density at radius 1 is 1.17 bits per heavy atom. The first-order valence-electron chi connectivity index (χ1n) is 10.4. The van der Waals surface area contributed by atoms with Gasteiger partial charge in [-0.3, -0.25) is 0 Å². The number of hydrogen-bond donors (Lipinski definition) is 1. The minimum atomic E-state index is -0.760. The minimum Gasteiger partial charge on any atom is -0.428 e. The largest absolute Gasteiger partial charge is 0.514 e. The van der Waals surface area contributed by atoms with Gasteiger partial charge in [0, 0.05) is 25.8 Å². The van der Waals surface area contributed by atoms with E-state index in [0.717, 1.165) is 12.8 Å². The second-order valence-corrected chi connectivity index (χ2v) is 8.46. The summed E-state index contributed by atoms with van der Waals surface area (Å²) in [6.07, 6.45) is 2.88. The lowest BCUT2D eigenvalue weighted by molar-refractivity contribution is -0.145. The van der Waals surface area contributed by atoms with Crippen LogP contribution >= 0.6 is 0 Å². The zero-order valence-corrected chi connectivity index (χ0v) is 18.4. The number of epoxide rings is 1. The summed E-state index contributed by atoms with van der Waals surface area (Å²) in [5.74, 6) is 0.315. The van der Waals surface area contributed by atoms with Crippen LogP contribution in [-0.4, -0.2) is 50.4 Å². The molecule has 0 aromatic heterocycles. The molecule has 1 saturated carbocycles. The maximum atomic E-state index is 12.4. The average molecular weight is 420 g/mol. The van der Waals surface area contributed by atoms with E-state index in [1.807, 2.05) is 0 Å². The van der Waals surface area contributed by atoms with E-state index in [2.05, 4.69) is 26.8 Å². The van der Waals surface area contributed by atoms with Gasteiger partial charge in [0.2, 0.25) is 0 Å². The molecule has 3 rings (SSSR count). The van der Waals surface area contributed by atoms with Crippen LogP contribution in [0.25, 0.3) is 0 Å². The molecule has 0 spiro atoms. The molecule has 7 nitrogen and oxygen atoms in total. The highest BCUT2D eigenvalue weighted by Gasteiger charge is 2.63. The summed E-state index contributed by atoms with van der Waals surface area (Å²) in [7, 11) is 3.34. The zero-order valence-electron chi connectivity index (χ0n) is 18.4. The quantitative estimate of drug-likeness (QED) is 0.234. The Labute approximate surface area is 178 Å². The van der Waals surface area contributed by atoms with E-state index in [0.29, 0.717) is 17.9 Å². The molecule has 1 heterocycles. The Bertz CT molecular complexity index is 759. The van der Waals surface area contributed by atoms with Gasteiger partial charge < -0.3 is 29.4 Å². The SMILES string of the molecule is COC1CC[C@@H](OC(=O)Oc2ccc(N)cc2)[C@@H](OC)C1C1(C)OC1CC=C(C)C. The van der Waals surface area contributed by atoms with Gasteiger partial charge in [-0.25, -0.2) is 4.79 Å².